The molecule has 2 aliphatic rings. The summed E-state index contributed by atoms with van der Waals surface area (Å²) in [6.45, 7) is 8.70. The normalized spacial score (nSPS) is 21.0. The van der Waals surface area contributed by atoms with E-state index in [1.807, 2.05) is 40.1 Å². The molecule has 0 atom stereocenters. The van der Waals surface area contributed by atoms with Crippen LogP contribution in [0.2, 0.25) is 0 Å². The van der Waals surface area contributed by atoms with Gasteiger partial charge in [0.15, 0.2) is 0 Å². The fourth-order valence-electron chi connectivity index (χ4n) is 3.75. The number of aromatic nitrogens is 2. The monoisotopic (exact) mass is 356 g/mol. The van der Waals surface area contributed by atoms with Crippen molar-refractivity contribution in [2.45, 2.75) is 71.1 Å². The van der Waals surface area contributed by atoms with E-state index in [0.717, 1.165) is 23.9 Å². The van der Waals surface area contributed by atoms with Crippen molar-refractivity contribution in [3.63, 3.8) is 0 Å². The predicted octanol–water partition coefficient (Wildman–Crippen LogP) is 3.25. The third-order valence-corrected chi connectivity index (χ3v) is 6.07. The van der Waals surface area contributed by atoms with Crippen molar-refractivity contribution in [2.24, 2.45) is 0 Å². The SMILES string of the molecule is CC1(C)OB(c2cc(F)ccc2Cn2cnc3c2CCCC3)OC1(C)C. The van der Waals surface area contributed by atoms with Gasteiger partial charge in [-0.25, -0.2) is 9.37 Å². The third kappa shape index (κ3) is 2.99. The van der Waals surface area contributed by atoms with Crippen molar-refractivity contribution in [3.8, 4) is 0 Å². The van der Waals surface area contributed by atoms with Crippen molar-refractivity contribution >= 4 is 12.6 Å². The summed E-state index contributed by atoms with van der Waals surface area (Å²) >= 11 is 0. The largest absolute Gasteiger partial charge is 0.495 e. The van der Waals surface area contributed by atoms with Crippen LogP contribution in [0.15, 0.2) is 24.5 Å². The number of nitrogens with zero attached hydrogens (tertiary/aromatic N) is 2. The molecule has 138 valence electrons. The minimum atomic E-state index is -0.565. The van der Waals surface area contributed by atoms with Crippen molar-refractivity contribution in [2.75, 3.05) is 0 Å². The van der Waals surface area contributed by atoms with E-state index < -0.39 is 18.3 Å². The first-order chi connectivity index (χ1) is 12.3. The number of aryl methyl sites for hydroxylation is 1. The smallest absolute Gasteiger partial charge is 0.399 e. The van der Waals surface area contributed by atoms with Crippen LogP contribution in [0.25, 0.3) is 0 Å². The molecule has 2 aromatic rings. The Hall–Kier alpha value is -1.66. The van der Waals surface area contributed by atoms with Gasteiger partial charge in [-0.3, -0.25) is 0 Å². The van der Waals surface area contributed by atoms with Crippen LogP contribution in [-0.4, -0.2) is 27.9 Å². The minimum absolute atomic E-state index is 0.272. The Morgan fingerprint density at radius 2 is 1.81 bits per heavy atom. The maximum atomic E-state index is 14.0. The van der Waals surface area contributed by atoms with Gasteiger partial charge in [0.25, 0.3) is 0 Å². The van der Waals surface area contributed by atoms with Crippen LogP contribution in [-0.2, 0) is 28.7 Å². The van der Waals surface area contributed by atoms with Gasteiger partial charge in [0.2, 0.25) is 0 Å². The summed E-state index contributed by atoms with van der Waals surface area (Å²) in [4.78, 5) is 4.57. The standard InChI is InChI=1S/C20H26BFN2O2/c1-19(2)20(3,4)26-21(25-19)16-11-15(22)10-9-14(16)12-24-13-23-17-7-5-6-8-18(17)24/h9-11,13H,5-8,12H2,1-4H3. The predicted molar refractivity (Wildman–Crippen MR) is 100 cm³/mol. The van der Waals surface area contributed by atoms with Crippen molar-refractivity contribution < 1.29 is 13.7 Å². The van der Waals surface area contributed by atoms with E-state index in [1.165, 1.54) is 30.3 Å². The molecule has 4 rings (SSSR count). The molecule has 0 unspecified atom stereocenters. The molecular formula is C20H26BFN2O2. The highest BCUT2D eigenvalue weighted by molar-refractivity contribution is 6.62. The summed E-state index contributed by atoms with van der Waals surface area (Å²) < 4.78 is 28.5. The number of imidazole rings is 1. The Morgan fingerprint density at radius 3 is 2.54 bits per heavy atom. The molecule has 1 aromatic carbocycles. The van der Waals surface area contributed by atoms with E-state index >= 15 is 0 Å². The molecule has 26 heavy (non-hydrogen) atoms. The lowest BCUT2D eigenvalue weighted by atomic mass is 9.75. The van der Waals surface area contributed by atoms with E-state index in [-0.39, 0.29) is 5.82 Å². The number of hydrogen-bond acceptors (Lipinski definition) is 3. The summed E-state index contributed by atoms with van der Waals surface area (Å²) in [7, 11) is -0.565. The zero-order valence-corrected chi connectivity index (χ0v) is 16.0. The molecule has 1 aliphatic heterocycles. The summed E-state index contributed by atoms with van der Waals surface area (Å²) in [5.41, 5.74) is 3.39. The Balaban J connectivity index is 1.67. The van der Waals surface area contributed by atoms with E-state index in [2.05, 4.69) is 9.55 Å². The zero-order chi connectivity index (χ0) is 18.5. The molecule has 0 bridgehead atoms. The molecule has 1 aliphatic carbocycles. The van der Waals surface area contributed by atoms with E-state index in [0.29, 0.717) is 6.54 Å². The van der Waals surface area contributed by atoms with Gasteiger partial charge in [-0.2, -0.15) is 0 Å². The number of halogens is 1. The quantitative estimate of drug-likeness (QED) is 0.793. The summed E-state index contributed by atoms with van der Waals surface area (Å²) in [5.74, 6) is -0.272. The van der Waals surface area contributed by atoms with Crippen LogP contribution < -0.4 is 5.46 Å². The second-order valence-corrected chi connectivity index (χ2v) is 8.40. The first kappa shape index (κ1) is 17.7. The molecule has 1 aromatic heterocycles. The van der Waals surface area contributed by atoms with Gasteiger partial charge in [-0.15, -0.1) is 0 Å². The highest BCUT2D eigenvalue weighted by atomic mass is 19.1. The van der Waals surface area contributed by atoms with Gasteiger partial charge < -0.3 is 13.9 Å². The molecule has 0 radical (unpaired) electrons. The third-order valence-electron chi connectivity index (χ3n) is 6.07. The molecule has 0 amide bonds. The molecule has 1 saturated heterocycles. The van der Waals surface area contributed by atoms with Crippen LogP contribution in [0.3, 0.4) is 0 Å². The molecule has 0 N–H and O–H groups in total. The van der Waals surface area contributed by atoms with Gasteiger partial charge in [-0.05, 0) is 76.5 Å². The zero-order valence-electron chi connectivity index (χ0n) is 16.0. The molecular weight excluding hydrogens is 330 g/mol. The Kier molecular flexibility index (Phi) is 4.23. The van der Waals surface area contributed by atoms with E-state index in [1.54, 1.807) is 6.07 Å². The molecule has 6 heteroatoms. The highest BCUT2D eigenvalue weighted by Crippen LogP contribution is 2.36. The number of fused-ring (bicyclic) bond motifs is 1. The number of hydrogen-bond donors (Lipinski definition) is 0. The van der Waals surface area contributed by atoms with Crippen LogP contribution >= 0.6 is 0 Å². The van der Waals surface area contributed by atoms with Crippen LogP contribution in [0.5, 0.6) is 0 Å². The number of benzene rings is 1. The van der Waals surface area contributed by atoms with Gasteiger partial charge in [-0.1, -0.05) is 6.07 Å². The van der Waals surface area contributed by atoms with Gasteiger partial charge >= 0.3 is 7.12 Å². The van der Waals surface area contributed by atoms with Crippen LogP contribution in [0.1, 0.15) is 57.5 Å². The van der Waals surface area contributed by atoms with E-state index in [9.17, 15) is 4.39 Å². The van der Waals surface area contributed by atoms with Gasteiger partial charge in [0.05, 0.1) is 23.2 Å². The topological polar surface area (TPSA) is 36.3 Å². The van der Waals surface area contributed by atoms with Gasteiger partial charge in [0.1, 0.15) is 5.82 Å². The fraction of sp³-hybridized carbons (Fsp3) is 0.550. The Bertz CT molecular complexity index is 815. The van der Waals surface area contributed by atoms with Crippen molar-refractivity contribution in [1.82, 2.24) is 9.55 Å². The second kappa shape index (κ2) is 6.20. The average molecular weight is 356 g/mol. The Morgan fingerprint density at radius 1 is 1.12 bits per heavy atom. The Labute approximate surface area is 154 Å². The van der Waals surface area contributed by atoms with E-state index in [4.69, 9.17) is 9.31 Å². The highest BCUT2D eigenvalue weighted by Gasteiger charge is 2.52. The van der Waals surface area contributed by atoms with Crippen molar-refractivity contribution in [1.29, 1.82) is 0 Å². The first-order valence-corrected chi connectivity index (χ1v) is 9.44. The van der Waals surface area contributed by atoms with Crippen LogP contribution in [0.4, 0.5) is 4.39 Å². The lowest BCUT2D eigenvalue weighted by Gasteiger charge is -2.32. The summed E-state index contributed by atoms with van der Waals surface area (Å²) in [5, 5.41) is 0. The average Bonchev–Trinajstić information content (AvgIpc) is 3.07. The first-order valence-electron chi connectivity index (χ1n) is 9.44. The lowest BCUT2D eigenvalue weighted by molar-refractivity contribution is 0.00578. The maximum absolute atomic E-state index is 14.0. The summed E-state index contributed by atoms with van der Waals surface area (Å²) in [6.07, 6.45) is 6.43. The fourth-order valence-corrected chi connectivity index (χ4v) is 3.75. The molecule has 2 heterocycles. The van der Waals surface area contributed by atoms with Crippen LogP contribution in [0, 0.1) is 5.82 Å². The molecule has 0 spiro atoms. The maximum Gasteiger partial charge on any atom is 0.495 e. The minimum Gasteiger partial charge on any atom is -0.399 e. The second-order valence-electron chi connectivity index (χ2n) is 8.40. The number of rotatable bonds is 3. The summed E-state index contributed by atoms with van der Waals surface area (Å²) in [6, 6.07) is 4.89. The molecule has 4 nitrogen and oxygen atoms in total. The van der Waals surface area contributed by atoms with Crippen molar-refractivity contribution in [3.05, 3.63) is 47.3 Å². The lowest BCUT2D eigenvalue weighted by Crippen LogP contribution is -2.41. The molecule has 0 saturated carbocycles. The van der Waals surface area contributed by atoms with Gasteiger partial charge in [0, 0.05) is 12.2 Å². The molecule has 1 fully saturated rings.